The number of carbonyl (C=O) groups excluding carboxylic acids is 3. The Labute approximate surface area is 155 Å². The molecule has 2 aromatic rings. The van der Waals surface area contributed by atoms with E-state index in [1.54, 1.807) is 24.3 Å². The highest BCUT2D eigenvalue weighted by Gasteiger charge is 2.18. The molecule has 0 unspecified atom stereocenters. The van der Waals surface area contributed by atoms with E-state index < -0.39 is 23.8 Å². The van der Waals surface area contributed by atoms with Gasteiger partial charge in [0.05, 0.1) is 16.3 Å². The molecule has 0 fully saturated rings. The number of carbonyl (C=O) groups is 3. The van der Waals surface area contributed by atoms with Crippen molar-refractivity contribution in [1.82, 2.24) is 25.9 Å². The van der Waals surface area contributed by atoms with Gasteiger partial charge in [0, 0.05) is 5.69 Å². The highest BCUT2D eigenvalue weighted by molar-refractivity contribution is 6.33. The number of aryl methyl sites for hydroxylation is 2. The minimum Gasteiger partial charge on any atom is -0.340 e. The average molecular weight is 378 g/mol. The van der Waals surface area contributed by atoms with Crippen molar-refractivity contribution in [2.24, 2.45) is 0 Å². The van der Waals surface area contributed by atoms with E-state index in [2.05, 4.69) is 21.3 Å². The summed E-state index contributed by atoms with van der Waals surface area (Å²) < 4.78 is 1.53. The van der Waals surface area contributed by atoms with Gasteiger partial charge in [0.1, 0.15) is 12.6 Å². The maximum absolute atomic E-state index is 12.1. The molecule has 9 heteroatoms. The van der Waals surface area contributed by atoms with Crippen LogP contribution in [0.25, 0.3) is 0 Å². The number of hydrogen-bond donors (Lipinski definition) is 3. The standard InChI is InChI=1S/C17H20ClN5O3/c1-10-8-11(2)23(22-10)9-15(24)20-21-16(25)12(3)19-17(26)13-6-4-5-7-14(13)18/h4-8,12H,9H2,1-3H3,(H,19,26)(H,20,24)(H,21,25)/t12-/m0/s1. The molecule has 1 atom stereocenters. The normalized spacial score (nSPS) is 11.5. The summed E-state index contributed by atoms with van der Waals surface area (Å²) in [5.41, 5.74) is 6.47. The first-order chi connectivity index (χ1) is 12.3. The zero-order valence-electron chi connectivity index (χ0n) is 14.7. The molecule has 1 aromatic heterocycles. The van der Waals surface area contributed by atoms with Crippen LogP contribution in [0.1, 0.15) is 28.7 Å². The van der Waals surface area contributed by atoms with Gasteiger partial charge in [-0.3, -0.25) is 29.9 Å². The minimum atomic E-state index is -0.868. The van der Waals surface area contributed by atoms with E-state index in [1.165, 1.54) is 11.6 Å². The van der Waals surface area contributed by atoms with Gasteiger partial charge in [-0.2, -0.15) is 5.10 Å². The summed E-state index contributed by atoms with van der Waals surface area (Å²) in [7, 11) is 0. The monoisotopic (exact) mass is 377 g/mol. The topological polar surface area (TPSA) is 105 Å². The first-order valence-electron chi connectivity index (χ1n) is 7.93. The molecular formula is C17H20ClN5O3. The number of benzene rings is 1. The molecule has 26 heavy (non-hydrogen) atoms. The SMILES string of the molecule is Cc1cc(C)n(CC(=O)NNC(=O)[C@H](C)NC(=O)c2ccccc2Cl)n1. The van der Waals surface area contributed by atoms with Crippen molar-refractivity contribution in [3.63, 3.8) is 0 Å². The van der Waals surface area contributed by atoms with E-state index in [0.717, 1.165) is 11.4 Å². The fourth-order valence-electron chi connectivity index (χ4n) is 2.24. The van der Waals surface area contributed by atoms with Gasteiger partial charge in [-0.05, 0) is 39.0 Å². The summed E-state index contributed by atoms with van der Waals surface area (Å²) in [6, 6.07) is 7.49. The Morgan fingerprint density at radius 1 is 1.19 bits per heavy atom. The van der Waals surface area contributed by atoms with Crippen LogP contribution in [-0.4, -0.2) is 33.5 Å². The van der Waals surface area contributed by atoms with Crippen LogP contribution in [0.4, 0.5) is 0 Å². The molecule has 1 heterocycles. The average Bonchev–Trinajstić information content (AvgIpc) is 2.90. The van der Waals surface area contributed by atoms with Crippen LogP contribution in [0, 0.1) is 13.8 Å². The second kappa shape index (κ2) is 8.48. The number of amides is 3. The van der Waals surface area contributed by atoms with Crippen molar-refractivity contribution in [1.29, 1.82) is 0 Å². The molecular weight excluding hydrogens is 358 g/mol. The van der Waals surface area contributed by atoms with Crippen LogP contribution in [-0.2, 0) is 16.1 Å². The Kier molecular flexibility index (Phi) is 6.35. The first kappa shape index (κ1) is 19.5. The Balaban J connectivity index is 1.83. The lowest BCUT2D eigenvalue weighted by Gasteiger charge is -2.15. The maximum Gasteiger partial charge on any atom is 0.260 e. The third-order valence-electron chi connectivity index (χ3n) is 3.58. The molecule has 0 aliphatic rings. The number of rotatable bonds is 5. The Bertz CT molecular complexity index is 834. The minimum absolute atomic E-state index is 0.0275. The van der Waals surface area contributed by atoms with Crippen molar-refractivity contribution < 1.29 is 14.4 Å². The molecule has 0 saturated heterocycles. The van der Waals surface area contributed by atoms with E-state index in [9.17, 15) is 14.4 Å². The van der Waals surface area contributed by atoms with Gasteiger partial charge in [0.15, 0.2) is 0 Å². The van der Waals surface area contributed by atoms with Crippen molar-refractivity contribution in [2.75, 3.05) is 0 Å². The zero-order chi connectivity index (χ0) is 19.3. The van der Waals surface area contributed by atoms with Crippen LogP contribution in [0.2, 0.25) is 5.02 Å². The van der Waals surface area contributed by atoms with Crippen LogP contribution in [0.3, 0.4) is 0 Å². The molecule has 3 N–H and O–H groups in total. The van der Waals surface area contributed by atoms with Crippen LogP contribution < -0.4 is 16.2 Å². The molecule has 2 rings (SSSR count). The molecule has 0 radical (unpaired) electrons. The highest BCUT2D eigenvalue weighted by Crippen LogP contribution is 2.14. The number of nitrogens with one attached hydrogen (secondary N) is 3. The maximum atomic E-state index is 12.1. The molecule has 0 bridgehead atoms. The van der Waals surface area contributed by atoms with E-state index in [1.807, 2.05) is 19.9 Å². The third-order valence-corrected chi connectivity index (χ3v) is 3.91. The van der Waals surface area contributed by atoms with Crippen LogP contribution >= 0.6 is 11.6 Å². The molecule has 8 nitrogen and oxygen atoms in total. The van der Waals surface area contributed by atoms with Crippen molar-refractivity contribution in [3.8, 4) is 0 Å². The van der Waals surface area contributed by atoms with Gasteiger partial charge in [0.2, 0.25) is 0 Å². The molecule has 0 aliphatic heterocycles. The first-order valence-corrected chi connectivity index (χ1v) is 8.31. The van der Waals surface area contributed by atoms with E-state index >= 15 is 0 Å². The summed E-state index contributed by atoms with van der Waals surface area (Å²) in [5, 5.41) is 6.97. The smallest absolute Gasteiger partial charge is 0.260 e. The summed E-state index contributed by atoms with van der Waals surface area (Å²) in [4.78, 5) is 36.0. The van der Waals surface area contributed by atoms with Gasteiger partial charge in [-0.15, -0.1) is 0 Å². The number of hydrazine groups is 1. The molecule has 0 saturated carbocycles. The van der Waals surface area contributed by atoms with Crippen molar-refractivity contribution >= 4 is 29.3 Å². The quantitative estimate of drug-likeness (QED) is 0.679. The largest absolute Gasteiger partial charge is 0.340 e. The fraction of sp³-hybridized carbons (Fsp3) is 0.294. The van der Waals surface area contributed by atoms with Gasteiger partial charge < -0.3 is 5.32 Å². The van der Waals surface area contributed by atoms with Gasteiger partial charge in [-0.25, -0.2) is 0 Å². The predicted molar refractivity (Wildman–Crippen MR) is 96.4 cm³/mol. The third kappa shape index (κ3) is 5.06. The summed E-state index contributed by atoms with van der Waals surface area (Å²) in [5.74, 6) is -1.48. The van der Waals surface area contributed by atoms with E-state index in [4.69, 9.17) is 11.6 Å². The lowest BCUT2D eigenvalue weighted by atomic mass is 10.2. The molecule has 0 spiro atoms. The van der Waals surface area contributed by atoms with Gasteiger partial charge in [0.25, 0.3) is 17.7 Å². The lowest BCUT2D eigenvalue weighted by Crippen LogP contribution is -2.51. The summed E-state index contributed by atoms with van der Waals surface area (Å²) in [6.07, 6.45) is 0. The Morgan fingerprint density at radius 2 is 1.88 bits per heavy atom. The van der Waals surface area contributed by atoms with E-state index in [0.29, 0.717) is 0 Å². The molecule has 1 aromatic carbocycles. The summed E-state index contributed by atoms with van der Waals surface area (Å²) >= 11 is 5.95. The van der Waals surface area contributed by atoms with Crippen LogP contribution in [0.15, 0.2) is 30.3 Å². The van der Waals surface area contributed by atoms with E-state index in [-0.39, 0.29) is 17.1 Å². The number of nitrogens with zero attached hydrogens (tertiary/aromatic N) is 2. The molecule has 3 amide bonds. The Hall–Kier alpha value is -2.87. The Morgan fingerprint density at radius 3 is 2.50 bits per heavy atom. The van der Waals surface area contributed by atoms with Gasteiger partial charge in [-0.1, -0.05) is 23.7 Å². The second-order valence-corrected chi connectivity index (χ2v) is 6.20. The summed E-state index contributed by atoms with van der Waals surface area (Å²) in [6.45, 7) is 5.13. The van der Waals surface area contributed by atoms with Crippen molar-refractivity contribution in [2.45, 2.75) is 33.4 Å². The molecule has 138 valence electrons. The zero-order valence-corrected chi connectivity index (χ0v) is 15.4. The van der Waals surface area contributed by atoms with Crippen molar-refractivity contribution in [3.05, 3.63) is 52.3 Å². The number of aromatic nitrogens is 2. The van der Waals surface area contributed by atoms with Crippen LogP contribution in [0.5, 0.6) is 0 Å². The number of halogens is 1. The number of hydrogen-bond acceptors (Lipinski definition) is 4. The predicted octanol–water partition coefficient (Wildman–Crippen LogP) is 1.12. The second-order valence-electron chi connectivity index (χ2n) is 5.80. The fourth-order valence-corrected chi connectivity index (χ4v) is 2.46. The highest BCUT2D eigenvalue weighted by atomic mass is 35.5. The molecule has 0 aliphatic carbocycles. The van der Waals surface area contributed by atoms with Gasteiger partial charge >= 0.3 is 0 Å². The lowest BCUT2D eigenvalue weighted by molar-refractivity contribution is -0.130.